The molecular formula is C19H29N3O. The van der Waals surface area contributed by atoms with Crippen molar-refractivity contribution in [2.75, 3.05) is 13.1 Å². The molecule has 4 unspecified atom stereocenters. The molecule has 1 aliphatic heterocycles. The van der Waals surface area contributed by atoms with Crippen molar-refractivity contribution in [3.63, 3.8) is 0 Å². The van der Waals surface area contributed by atoms with Crippen LogP contribution >= 0.6 is 0 Å². The molecule has 0 aromatic carbocycles. The fraction of sp³-hybridized carbons (Fsp3) is 0.789. The number of fused-ring (bicyclic) bond motifs is 2. The normalized spacial score (nSPS) is 32.7. The van der Waals surface area contributed by atoms with Crippen LogP contribution in [0, 0.1) is 35.0 Å². The van der Waals surface area contributed by atoms with E-state index in [-0.39, 0.29) is 11.5 Å². The SMILES string of the molecule is CC1CCN(C(=O)/C(C#N)=C\NC(C)C2CC3CCC2C3)CC1. The molecule has 126 valence electrons. The molecule has 3 aliphatic rings. The number of likely N-dealkylation sites (tertiary alicyclic amines) is 1. The Kier molecular flexibility index (Phi) is 4.94. The molecule has 1 N–H and O–H groups in total. The number of hydrogen-bond donors (Lipinski definition) is 1. The number of amides is 1. The number of carbonyl (C=O) groups excluding carboxylic acids is 1. The van der Waals surface area contributed by atoms with Gasteiger partial charge in [0.05, 0.1) is 0 Å². The summed E-state index contributed by atoms with van der Waals surface area (Å²) < 4.78 is 0. The highest BCUT2D eigenvalue weighted by Crippen LogP contribution is 2.49. The van der Waals surface area contributed by atoms with Crippen molar-refractivity contribution in [2.24, 2.45) is 23.7 Å². The molecule has 0 aromatic heterocycles. The third-order valence-electron chi connectivity index (χ3n) is 6.35. The first-order valence-electron chi connectivity index (χ1n) is 9.24. The Bertz CT molecular complexity index is 513. The second kappa shape index (κ2) is 6.95. The first-order valence-corrected chi connectivity index (χ1v) is 9.24. The van der Waals surface area contributed by atoms with Gasteiger partial charge in [-0.1, -0.05) is 13.3 Å². The molecule has 2 bridgehead atoms. The third kappa shape index (κ3) is 3.54. The van der Waals surface area contributed by atoms with Crippen molar-refractivity contribution in [1.82, 2.24) is 10.2 Å². The lowest BCUT2D eigenvalue weighted by molar-refractivity contribution is -0.128. The molecule has 23 heavy (non-hydrogen) atoms. The number of nitriles is 1. The quantitative estimate of drug-likeness (QED) is 0.641. The molecule has 1 heterocycles. The summed E-state index contributed by atoms with van der Waals surface area (Å²) in [4.78, 5) is 14.3. The monoisotopic (exact) mass is 315 g/mol. The fourth-order valence-electron chi connectivity index (χ4n) is 4.77. The Labute approximate surface area is 139 Å². The average Bonchev–Trinajstić information content (AvgIpc) is 3.18. The zero-order chi connectivity index (χ0) is 16.4. The summed E-state index contributed by atoms with van der Waals surface area (Å²) in [5.41, 5.74) is 0.259. The van der Waals surface area contributed by atoms with Crippen LogP contribution in [0.3, 0.4) is 0 Å². The number of piperidine rings is 1. The zero-order valence-corrected chi connectivity index (χ0v) is 14.4. The van der Waals surface area contributed by atoms with Crippen molar-refractivity contribution in [1.29, 1.82) is 5.26 Å². The van der Waals surface area contributed by atoms with E-state index in [1.165, 1.54) is 25.7 Å². The van der Waals surface area contributed by atoms with Crippen LogP contribution < -0.4 is 5.32 Å². The van der Waals surface area contributed by atoms with Gasteiger partial charge in [-0.05, 0) is 62.7 Å². The molecule has 3 fully saturated rings. The number of rotatable bonds is 4. The van der Waals surface area contributed by atoms with Gasteiger partial charge in [0.15, 0.2) is 0 Å². The number of nitrogens with zero attached hydrogens (tertiary/aromatic N) is 2. The maximum atomic E-state index is 12.5. The van der Waals surface area contributed by atoms with Gasteiger partial charge in [0.25, 0.3) is 5.91 Å². The van der Waals surface area contributed by atoms with Crippen molar-refractivity contribution in [2.45, 2.75) is 58.4 Å². The molecule has 2 saturated carbocycles. The Morgan fingerprint density at radius 1 is 1.26 bits per heavy atom. The Balaban J connectivity index is 1.56. The summed E-state index contributed by atoms with van der Waals surface area (Å²) >= 11 is 0. The third-order valence-corrected chi connectivity index (χ3v) is 6.35. The summed E-state index contributed by atoms with van der Waals surface area (Å²) in [5, 5.41) is 12.7. The van der Waals surface area contributed by atoms with Crippen LogP contribution in [0.25, 0.3) is 0 Å². The van der Waals surface area contributed by atoms with Crippen LogP contribution in [-0.4, -0.2) is 29.9 Å². The minimum Gasteiger partial charge on any atom is -0.387 e. The van der Waals surface area contributed by atoms with Crippen LogP contribution in [0.5, 0.6) is 0 Å². The van der Waals surface area contributed by atoms with Gasteiger partial charge < -0.3 is 10.2 Å². The van der Waals surface area contributed by atoms with Crippen LogP contribution in [-0.2, 0) is 4.79 Å². The maximum absolute atomic E-state index is 12.5. The lowest BCUT2D eigenvalue weighted by Gasteiger charge is -2.30. The highest BCUT2D eigenvalue weighted by Gasteiger charge is 2.41. The smallest absolute Gasteiger partial charge is 0.265 e. The molecule has 1 amide bonds. The van der Waals surface area contributed by atoms with E-state index < -0.39 is 0 Å². The van der Waals surface area contributed by atoms with E-state index in [1.54, 1.807) is 6.20 Å². The van der Waals surface area contributed by atoms with Crippen LogP contribution in [0.4, 0.5) is 0 Å². The van der Waals surface area contributed by atoms with Crippen LogP contribution in [0.15, 0.2) is 11.8 Å². The first-order chi connectivity index (χ1) is 11.1. The number of hydrogen-bond acceptors (Lipinski definition) is 3. The van der Waals surface area contributed by atoms with Gasteiger partial charge in [-0.2, -0.15) is 5.26 Å². The average molecular weight is 315 g/mol. The van der Waals surface area contributed by atoms with Gasteiger partial charge in [0.1, 0.15) is 11.6 Å². The largest absolute Gasteiger partial charge is 0.387 e. The topological polar surface area (TPSA) is 56.1 Å². The lowest BCUT2D eigenvalue weighted by atomic mass is 9.84. The molecule has 3 rings (SSSR count). The number of nitrogens with one attached hydrogen (secondary N) is 1. The van der Waals surface area contributed by atoms with Gasteiger partial charge >= 0.3 is 0 Å². The predicted octanol–water partition coefficient (Wildman–Crippen LogP) is 3.07. The number of carbonyl (C=O) groups is 1. The van der Waals surface area contributed by atoms with Gasteiger partial charge in [-0.25, -0.2) is 0 Å². The molecule has 4 heteroatoms. The summed E-state index contributed by atoms with van der Waals surface area (Å²) in [6.45, 7) is 5.98. The standard InChI is InChI=1S/C19H29N3O/c1-13-5-7-22(8-6-13)19(23)17(11-20)12-21-14(2)18-10-15-3-4-16(18)9-15/h12-16,18,21H,3-10H2,1-2H3/b17-12-. The predicted molar refractivity (Wildman–Crippen MR) is 90.2 cm³/mol. The molecule has 0 radical (unpaired) electrons. The second-order valence-corrected chi connectivity index (χ2v) is 7.94. The van der Waals surface area contributed by atoms with E-state index in [4.69, 9.17) is 0 Å². The van der Waals surface area contributed by atoms with Gasteiger partial charge in [0.2, 0.25) is 0 Å². The summed E-state index contributed by atoms with van der Waals surface area (Å²) in [6, 6.07) is 2.45. The first kappa shape index (κ1) is 16.4. The van der Waals surface area contributed by atoms with E-state index >= 15 is 0 Å². The van der Waals surface area contributed by atoms with Crippen LogP contribution in [0.1, 0.15) is 52.4 Å². The van der Waals surface area contributed by atoms with E-state index in [0.717, 1.165) is 37.8 Å². The summed E-state index contributed by atoms with van der Waals surface area (Å²) in [7, 11) is 0. The van der Waals surface area contributed by atoms with E-state index in [9.17, 15) is 10.1 Å². The van der Waals surface area contributed by atoms with Crippen molar-refractivity contribution in [3.05, 3.63) is 11.8 Å². The minimum atomic E-state index is -0.105. The lowest BCUT2D eigenvalue weighted by Crippen LogP contribution is -2.39. The fourth-order valence-corrected chi connectivity index (χ4v) is 4.77. The molecule has 0 spiro atoms. The van der Waals surface area contributed by atoms with Crippen molar-refractivity contribution < 1.29 is 4.79 Å². The molecule has 0 aromatic rings. The molecule has 4 atom stereocenters. The second-order valence-electron chi connectivity index (χ2n) is 7.94. The highest BCUT2D eigenvalue weighted by molar-refractivity contribution is 5.97. The van der Waals surface area contributed by atoms with Crippen LogP contribution in [0.2, 0.25) is 0 Å². The molecule has 1 saturated heterocycles. The van der Waals surface area contributed by atoms with E-state index in [1.807, 2.05) is 4.90 Å². The Morgan fingerprint density at radius 2 is 2.00 bits per heavy atom. The van der Waals surface area contributed by atoms with Gasteiger partial charge in [0, 0.05) is 25.3 Å². The molecule has 4 nitrogen and oxygen atoms in total. The minimum absolute atomic E-state index is 0.105. The zero-order valence-electron chi connectivity index (χ0n) is 14.4. The highest BCUT2D eigenvalue weighted by atomic mass is 16.2. The van der Waals surface area contributed by atoms with Crippen molar-refractivity contribution >= 4 is 5.91 Å². The van der Waals surface area contributed by atoms with E-state index in [2.05, 4.69) is 25.2 Å². The summed E-state index contributed by atoms with van der Waals surface area (Å²) in [6.07, 6.45) is 9.22. The van der Waals surface area contributed by atoms with Gasteiger partial charge in [-0.15, -0.1) is 0 Å². The van der Waals surface area contributed by atoms with Gasteiger partial charge in [-0.3, -0.25) is 4.79 Å². The molecular weight excluding hydrogens is 286 g/mol. The Hall–Kier alpha value is -1.50. The van der Waals surface area contributed by atoms with Crippen molar-refractivity contribution in [3.8, 4) is 6.07 Å². The maximum Gasteiger partial charge on any atom is 0.265 e. The summed E-state index contributed by atoms with van der Waals surface area (Å²) in [5.74, 6) is 3.05. The van der Waals surface area contributed by atoms with E-state index in [0.29, 0.717) is 17.9 Å². The molecule has 2 aliphatic carbocycles. The Morgan fingerprint density at radius 3 is 2.57 bits per heavy atom.